The number of oxazole rings is 1. The molecular formula is C17H20N4OS2. The van der Waals surface area contributed by atoms with Crippen LogP contribution < -0.4 is 10.6 Å². The van der Waals surface area contributed by atoms with Gasteiger partial charge in [-0.15, -0.1) is 22.7 Å². The summed E-state index contributed by atoms with van der Waals surface area (Å²) in [5.41, 5.74) is 0.822. The molecule has 0 aliphatic heterocycles. The summed E-state index contributed by atoms with van der Waals surface area (Å²) < 4.78 is 5.52. The van der Waals surface area contributed by atoms with E-state index in [2.05, 4.69) is 46.6 Å². The van der Waals surface area contributed by atoms with Gasteiger partial charge in [-0.25, -0.2) is 9.98 Å². The molecule has 0 aromatic carbocycles. The average Bonchev–Trinajstić information content (AvgIpc) is 3.31. The lowest BCUT2D eigenvalue weighted by Gasteiger charge is -2.09. The van der Waals surface area contributed by atoms with Crippen LogP contribution in [0.2, 0.25) is 0 Å². The molecule has 0 fully saturated rings. The molecule has 3 heterocycles. The van der Waals surface area contributed by atoms with Crippen molar-refractivity contribution in [1.29, 1.82) is 0 Å². The van der Waals surface area contributed by atoms with Crippen LogP contribution in [0.15, 0.2) is 45.3 Å². The molecule has 0 atom stereocenters. The van der Waals surface area contributed by atoms with Crippen LogP contribution in [0, 0.1) is 6.92 Å². The van der Waals surface area contributed by atoms with Gasteiger partial charge >= 0.3 is 0 Å². The lowest BCUT2D eigenvalue weighted by molar-refractivity contribution is 0.574. The molecule has 0 unspecified atom stereocenters. The second-order valence-electron chi connectivity index (χ2n) is 5.18. The minimum atomic E-state index is 0.480. The highest BCUT2D eigenvalue weighted by atomic mass is 32.1. The SMILES string of the molecule is CCNC(=NCc1coc(-c2cccs2)n1)NCc1ccc(C)s1. The highest BCUT2D eigenvalue weighted by Crippen LogP contribution is 2.23. The molecule has 0 saturated heterocycles. The van der Waals surface area contributed by atoms with Gasteiger partial charge in [0, 0.05) is 16.3 Å². The van der Waals surface area contributed by atoms with Crippen molar-refractivity contribution in [2.24, 2.45) is 4.99 Å². The molecule has 3 rings (SSSR count). The van der Waals surface area contributed by atoms with E-state index in [9.17, 15) is 0 Å². The maximum atomic E-state index is 5.52. The van der Waals surface area contributed by atoms with Gasteiger partial charge in [0.25, 0.3) is 0 Å². The lowest BCUT2D eigenvalue weighted by Crippen LogP contribution is -2.36. The van der Waals surface area contributed by atoms with Gasteiger partial charge in [0.05, 0.1) is 18.0 Å². The monoisotopic (exact) mass is 360 g/mol. The quantitative estimate of drug-likeness (QED) is 0.515. The highest BCUT2D eigenvalue weighted by Gasteiger charge is 2.07. The minimum absolute atomic E-state index is 0.480. The van der Waals surface area contributed by atoms with E-state index in [1.54, 1.807) is 28.9 Å². The molecule has 126 valence electrons. The molecule has 0 spiro atoms. The number of nitrogens with zero attached hydrogens (tertiary/aromatic N) is 2. The van der Waals surface area contributed by atoms with Crippen molar-refractivity contribution in [2.45, 2.75) is 26.9 Å². The van der Waals surface area contributed by atoms with Gasteiger partial charge in [0.2, 0.25) is 5.89 Å². The molecule has 0 saturated carbocycles. The second kappa shape index (κ2) is 8.12. The molecule has 0 amide bonds. The van der Waals surface area contributed by atoms with E-state index < -0.39 is 0 Å². The summed E-state index contributed by atoms with van der Waals surface area (Å²) in [5.74, 6) is 1.44. The van der Waals surface area contributed by atoms with Crippen molar-refractivity contribution in [3.63, 3.8) is 0 Å². The third kappa shape index (κ3) is 4.46. The molecule has 7 heteroatoms. The molecule has 0 aliphatic carbocycles. The summed E-state index contributed by atoms with van der Waals surface area (Å²) in [4.78, 5) is 12.7. The van der Waals surface area contributed by atoms with E-state index in [1.807, 2.05) is 17.5 Å². The Labute approximate surface area is 149 Å². The fourth-order valence-electron chi connectivity index (χ4n) is 2.15. The van der Waals surface area contributed by atoms with Gasteiger partial charge in [0.15, 0.2) is 5.96 Å². The van der Waals surface area contributed by atoms with Gasteiger partial charge in [-0.3, -0.25) is 0 Å². The molecule has 24 heavy (non-hydrogen) atoms. The maximum absolute atomic E-state index is 5.52. The van der Waals surface area contributed by atoms with E-state index in [-0.39, 0.29) is 0 Å². The Hall–Kier alpha value is -2.12. The van der Waals surface area contributed by atoms with E-state index in [1.165, 1.54) is 9.75 Å². The van der Waals surface area contributed by atoms with Crippen molar-refractivity contribution in [1.82, 2.24) is 15.6 Å². The molecule has 0 aliphatic rings. The molecule has 0 radical (unpaired) electrons. The Bertz CT molecular complexity index is 789. The third-order valence-electron chi connectivity index (χ3n) is 3.25. The third-order valence-corrected chi connectivity index (χ3v) is 5.11. The Morgan fingerprint density at radius 2 is 2.21 bits per heavy atom. The highest BCUT2D eigenvalue weighted by molar-refractivity contribution is 7.13. The summed E-state index contributed by atoms with van der Waals surface area (Å²) in [5, 5.41) is 8.61. The van der Waals surface area contributed by atoms with Crippen molar-refractivity contribution in [3.8, 4) is 10.8 Å². The number of nitrogens with one attached hydrogen (secondary N) is 2. The fraction of sp³-hybridized carbons (Fsp3) is 0.294. The van der Waals surface area contributed by atoms with Crippen molar-refractivity contribution >= 4 is 28.6 Å². The number of aryl methyl sites for hydroxylation is 1. The summed E-state index contributed by atoms with van der Waals surface area (Å²) in [6.45, 7) is 6.23. The number of aromatic nitrogens is 1. The van der Waals surface area contributed by atoms with Crippen LogP contribution in [-0.2, 0) is 13.1 Å². The molecule has 0 bridgehead atoms. The zero-order chi connectivity index (χ0) is 16.8. The molecular weight excluding hydrogens is 340 g/mol. The molecule has 2 N–H and O–H groups in total. The van der Waals surface area contributed by atoms with Gasteiger partial charge in [0.1, 0.15) is 12.0 Å². The summed E-state index contributed by atoms with van der Waals surface area (Å²) in [7, 11) is 0. The Morgan fingerprint density at radius 3 is 2.92 bits per heavy atom. The van der Waals surface area contributed by atoms with Crippen molar-refractivity contribution in [2.75, 3.05) is 6.54 Å². The Balaban J connectivity index is 1.61. The minimum Gasteiger partial charge on any atom is -0.443 e. The van der Waals surface area contributed by atoms with Crippen LogP contribution in [0.3, 0.4) is 0 Å². The van der Waals surface area contributed by atoms with Crippen LogP contribution in [0.5, 0.6) is 0 Å². The Morgan fingerprint density at radius 1 is 1.29 bits per heavy atom. The predicted octanol–water partition coefficient (Wildman–Crippen LogP) is 4.03. The summed E-state index contributed by atoms with van der Waals surface area (Å²) in [6, 6.07) is 8.26. The Kier molecular flexibility index (Phi) is 5.66. The standard InChI is InChI=1S/C17H20N4OS2/c1-3-18-17(20-10-14-7-6-12(2)24-14)19-9-13-11-22-16(21-13)15-5-4-8-23-15/h4-8,11H,3,9-10H2,1-2H3,(H2,18,19,20). The first-order valence-corrected chi connectivity index (χ1v) is 9.50. The average molecular weight is 361 g/mol. The van der Waals surface area contributed by atoms with E-state index in [0.717, 1.165) is 29.6 Å². The number of hydrogen-bond donors (Lipinski definition) is 2. The first-order valence-electron chi connectivity index (χ1n) is 7.80. The van der Waals surface area contributed by atoms with Crippen LogP contribution in [0.1, 0.15) is 22.4 Å². The van der Waals surface area contributed by atoms with Gasteiger partial charge in [-0.2, -0.15) is 0 Å². The van der Waals surface area contributed by atoms with E-state index in [4.69, 9.17) is 4.42 Å². The number of thiophene rings is 2. The normalized spacial score (nSPS) is 11.7. The number of aliphatic imine (C=N–C) groups is 1. The predicted molar refractivity (Wildman–Crippen MR) is 101 cm³/mol. The van der Waals surface area contributed by atoms with Crippen molar-refractivity contribution < 1.29 is 4.42 Å². The fourth-order valence-corrected chi connectivity index (χ4v) is 3.63. The zero-order valence-corrected chi connectivity index (χ0v) is 15.3. The van der Waals surface area contributed by atoms with Gasteiger partial charge in [-0.05, 0) is 37.4 Å². The van der Waals surface area contributed by atoms with Crippen LogP contribution >= 0.6 is 22.7 Å². The largest absolute Gasteiger partial charge is 0.443 e. The molecule has 3 aromatic rings. The van der Waals surface area contributed by atoms with E-state index >= 15 is 0 Å². The first-order chi connectivity index (χ1) is 11.7. The number of rotatable bonds is 6. The molecule has 5 nitrogen and oxygen atoms in total. The van der Waals surface area contributed by atoms with Crippen LogP contribution in [0.25, 0.3) is 10.8 Å². The lowest BCUT2D eigenvalue weighted by atomic mass is 10.4. The zero-order valence-electron chi connectivity index (χ0n) is 13.7. The molecule has 3 aromatic heterocycles. The van der Waals surface area contributed by atoms with E-state index in [0.29, 0.717) is 12.4 Å². The summed E-state index contributed by atoms with van der Waals surface area (Å²) >= 11 is 3.41. The smallest absolute Gasteiger partial charge is 0.236 e. The number of guanidine groups is 1. The topological polar surface area (TPSA) is 62.5 Å². The number of hydrogen-bond acceptors (Lipinski definition) is 5. The van der Waals surface area contributed by atoms with Gasteiger partial charge in [-0.1, -0.05) is 6.07 Å². The van der Waals surface area contributed by atoms with Crippen LogP contribution in [-0.4, -0.2) is 17.5 Å². The first kappa shape index (κ1) is 16.7. The maximum Gasteiger partial charge on any atom is 0.236 e. The summed E-state index contributed by atoms with van der Waals surface area (Å²) in [6.07, 6.45) is 1.67. The van der Waals surface area contributed by atoms with Crippen LogP contribution in [0.4, 0.5) is 0 Å². The van der Waals surface area contributed by atoms with Gasteiger partial charge < -0.3 is 15.1 Å². The second-order valence-corrected chi connectivity index (χ2v) is 7.50. The van der Waals surface area contributed by atoms with Crippen molar-refractivity contribution in [3.05, 3.63) is 51.4 Å².